The number of rotatable bonds is 6. The minimum atomic E-state index is -0.930. The molecule has 0 bridgehead atoms. The van der Waals surface area contributed by atoms with E-state index in [0.29, 0.717) is 22.5 Å². The van der Waals surface area contributed by atoms with Crippen molar-refractivity contribution in [2.45, 2.75) is 41.0 Å². The third-order valence-electron chi connectivity index (χ3n) is 3.05. The fourth-order valence-electron chi connectivity index (χ4n) is 1.88. The van der Waals surface area contributed by atoms with Gasteiger partial charge < -0.3 is 10.4 Å². The van der Waals surface area contributed by atoms with Gasteiger partial charge in [0.25, 0.3) is 0 Å². The zero-order chi connectivity index (χ0) is 18.0. The molecule has 0 aromatic heterocycles. The highest BCUT2D eigenvalue weighted by Crippen LogP contribution is 2.25. The van der Waals surface area contributed by atoms with E-state index in [-0.39, 0.29) is 6.42 Å². The second kappa shape index (κ2) is 10.4. The van der Waals surface area contributed by atoms with E-state index in [0.717, 1.165) is 5.56 Å². The van der Waals surface area contributed by atoms with E-state index in [1.54, 1.807) is 32.1 Å². The van der Waals surface area contributed by atoms with Crippen molar-refractivity contribution in [3.63, 3.8) is 0 Å². The number of carbonyl (C=O) groups is 1. The van der Waals surface area contributed by atoms with Crippen molar-refractivity contribution in [3.8, 4) is 0 Å². The lowest BCUT2D eigenvalue weighted by Crippen LogP contribution is -2.08. The lowest BCUT2D eigenvalue weighted by molar-refractivity contribution is -0.136. The molecule has 0 aliphatic carbocycles. The first kappa shape index (κ1) is 20.6. The van der Waals surface area contributed by atoms with Crippen LogP contribution in [0.5, 0.6) is 0 Å². The van der Waals surface area contributed by atoms with Crippen LogP contribution in [0.4, 0.5) is 10.1 Å². The zero-order valence-corrected chi connectivity index (χ0v) is 14.5. The largest absolute Gasteiger partial charge is 0.481 e. The van der Waals surface area contributed by atoms with Crippen LogP contribution in [0.25, 0.3) is 0 Å². The van der Waals surface area contributed by atoms with Crippen molar-refractivity contribution < 1.29 is 14.3 Å². The number of aliphatic carboxylic acids is 1. The molecular formula is C19H26FNO2. The second-order valence-corrected chi connectivity index (χ2v) is 4.75. The molecule has 0 aliphatic heterocycles. The van der Waals surface area contributed by atoms with Gasteiger partial charge in [-0.25, -0.2) is 4.39 Å². The molecule has 3 nitrogen and oxygen atoms in total. The van der Waals surface area contributed by atoms with Gasteiger partial charge in [0, 0.05) is 5.69 Å². The van der Waals surface area contributed by atoms with Crippen LogP contribution in [0, 0.1) is 6.92 Å². The van der Waals surface area contributed by atoms with Gasteiger partial charge in [-0.15, -0.1) is 0 Å². The number of carboxylic acid groups (broad SMARTS) is 1. The average molecular weight is 319 g/mol. The molecule has 0 atom stereocenters. The Morgan fingerprint density at radius 2 is 2.00 bits per heavy atom. The maximum atomic E-state index is 14.0. The summed E-state index contributed by atoms with van der Waals surface area (Å²) in [4.78, 5) is 11.0. The first-order valence-corrected chi connectivity index (χ1v) is 7.62. The molecule has 0 unspecified atom stereocenters. The van der Waals surface area contributed by atoms with Crippen molar-refractivity contribution >= 4 is 11.7 Å². The standard InChI is InChI=1S/C17H20FNO2.C2H6/c1-5-12(4)17(14(18)6-2)19-15-8-7-11(3)9-13(15)10-16(20)21;1-2/h5-9,19H,1,10H2,2-4H3,(H,20,21);1-2H3/b14-6+,17-12+;. The first-order chi connectivity index (χ1) is 10.9. The number of nitrogens with one attached hydrogen (secondary N) is 1. The quantitative estimate of drug-likeness (QED) is 0.691. The molecule has 126 valence electrons. The minimum absolute atomic E-state index is 0.123. The summed E-state index contributed by atoms with van der Waals surface area (Å²) in [6, 6.07) is 5.39. The average Bonchev–Trinajstić information content (AvgIpc) is 2.54. The molecule has 0 radical (unpaired) electrons. The van der Waals surface area contributed by atoms with Crippen LogP contribution >= 0.6 is 0 Å². The van der Waals surface area contributed by atoms with Gasteiger partial charge in [0.15, 0.2) is 0 Å². The van der Waals surface area contributed by atoms with Gasteiger partial charge in [-0.3, -0.25) is 4.79 Å². The lowest BCUT2D eigenvalue weighted by Gasteiger charge is -2.15. The maximum absolute atomic E-state index is 14.0. The van der Waals surface area contributed by atoms with Crippen molar-refractivity contribution in [1.29, 1.82) is 0 Å². The van der Waals surface area contributed by atoms with Crippen molar-refractivity contribution in [1.82, 2.24) is 0 Å². The van der Waals surface area contributed by atoms with Crippen LogP contribution in [0.1, 0.15) is 38.8 Å². The van der Waals surface area contributed by atoms with E-state index >= 15 is 0 Å². The molecule has 0 saturated carbocycles. The fraction of sp³-hybridized carbons (Fsp3) is 0.316. The highest BCUT2D eigenvalue weighted by molar-refractivity contribution is 5.74. The van der Waals surface area contributed by atoms with E-state index in [2.05, 4.69) is 11.9 Å². The molecule has 0 fully saturated rings. The van der Waals surface area contributed by atoms with E-state index in [1.165, 1.54) is 6.08 Å². The SMILES string of the molecule is C=C/C(C)=C(Nc1ccc(C)cc1CC(=O)O)\C(F)=C/C.CC. The fourth-order valence-corrected chi connectivity index (χ4v) is 1.88. The van der Waals surface area contributed by atoms with Gasteiger partial charge in [-0.2, -0.15) is 0 Å². The summed E-state index contributed by atoms with van der Waals surface area (Å²) in [5, 5.41) is 12.0. The molecule has 0 heterocycles. The molecule has 1 rings (SSSR count). The summed E-state index contributed by atoms with van der Waals surface area (Å²) in [6.07, 6.45) is 2.78. The minimum Gasteiger partial charge on any atom is -0.481 e. The van der Waals surface area contributed by atoms with Crippen LogP contribution in [0.3, 0.4) is 0 Å². The van der Waals surface area contributed by atoms with Crippen molar-refractivity contribution in [2.24, 2.45) is 0 Å². The predicted molar refractivity (Wildman–Crippen MR) is 95.3 cm³/mol. The normalized spacial score (nSPS) is 11.8. The van der Waals surface area contributed by atoms with Crippen LogP contribution in [0.15, 0.2) is 54.0 Å². The van der Waals surface area contributed by atoms with Crippen LogP contribution in [0.2, 0.25) is 0 Å². The van der Waals surface area contributed by atoms with E-state index in [4.69, 9.17) is 5.11 Å². The van der Waals surface area contributed by atoms with E-state index < -0.39 is 11.8 Å². The van der Waals surface area contributed by atoms with Gasteiger partial charge in [0.05, 0.1) is 12.1 Å². The Morgan fingerprint density at radius 3 is 2.48 bits per heavy atom. The molecule has 0 spiro atoms. The number of halogens is 1. The summed E-state index contributed by atoms with van der Waals surface area (Å²) < 4.78 is 14.0. The van der Waals surface area contributed by atoms with Gasteiger partial charge in [0.1, 0.15) is 5.83 Å². The van der Waals surface area contributed by atoms with Gasteiger partial charge >= 0.3 is 5.97 Å². The number of anilines is 1. The smallest absolute Gasteiger partial charge is 0.307 e. The van der Waals surface area contributed by atoms with Crippen molar-refractivity contribution in [3.05, 3.63) is 65.2 Å². The third-order valence-corrected chi connectivity index (χ3v) is 3.05. The Hall–Kier alpha value is -2.36. The third kappa shape index (κ3) is 6.51. The summed E-state index contributed by atoms with van der Waals surface area (Å²) in [5.41, 5.74) is 3.08. The second-order valence-electron chi connectivity index (χ2n) is 4.75. The van der Waals surface area contributed by atoms with E-state index in [9.17, 15) is 9.18 Å². The molecule has 1 aromatic carbocycles. The highest BCUT2D eigenvalue weighted by atomic mass is 19.1. The van der Waals surface area contributed by atoms with Gasteiger partial charge in [-0.05, 0) is 44.1 Å². The topological polar surface area (TPSA) is 49.3 Å². The highest BCUT2D eigenvalue weighted by Gasteiger charge is 2.12. The Kier molecular flexibility index (Phi) is 9.31. The Labute approximate surface area is 138 Å². The van der Waals surface area contributed by atoms with Crippen LogP contribution in [-0.2, 0) is 11.2 Å². The molecule has 0 aliphatic rings. The molecule has 0 saturated heterocycles. The first-order valence-electron chi connectivity index (χ1n) is 7.62. The number of carboxylic acids is 1. The molecule has 2 N–H and O–H groups in total. The molecular weight excluding hydrogens is 293 g/mol. The molecule has 1 aromatic rings. The summed E-state index contributed by atoms with van der Waals surface area (Å²) >= 11 is 0. The Balaban J connectivity index is 0.00000232. The molecule has 23 heavy (non-hydrogen) atoms. The lowest BCUT2D eigenvalue weighted by atomic mass is 10.1. The number of aryl methyl sites for hydroxylation is 1. The maximum Gasteiger partial charge on any atom is 0.307 e. The zero-order valence-electron chi connectivity index (χ0n) is 14.5. The number of hydrogen-bond acceptors (Lipinski definition) is 2. The Morgan fingerprint density at radius 1 is 1.39 bits per heavy atom. The number of benzene rings is 1. The molecule has 0 amide bonds. The predicted octanol–water partition coefficient (Wildman–Crippen LogP) is 5.39. The monoisotopic (exact) mass is 319 g/mol. The van der Waals surface area contributed by atoms with E-state index in [1.807, 2.05) is 26.8 Å². The summed E-state index contributed by atoms with van der Waals surface area (Å²) in [5.74, 6) is -1.34. The van der Waals surface area contributed by atoms with Gasteiger partial charge in [0.2, 0.25) is 0 Å². The van der Waals surface area contributed by atoms with Gasteiger partial charge in [-0.1, -0.05) is 44.2 Å². The van der Waals surface area contributed by atoms with Crippen molar-refractivity contribution in [2.75, 3.05) is 5.32 Å². The number of hydrogen-bond donors (Lipinski definition) is 2. The summed E-state index contributed by atoms with van der Waals surface area (Å²) in [6.45, 7) is 12.9. The number of allylic oxidation sites excluding steroid dienone is 4. The van der Waals surface area contributed by atoms with Crippen LogP contribution in [-0.4, -0.2) is 11.1 Å². The van der Waals surface area contributed by atoms with Crippen LogP contribution < -0.4 is 5.32 Å². The summed E-state index contributed by atoms with van der Waals surface area (Å²) in [7, 11) is 0. The Bertz CT molecular complexity index is 616. The molecule has 4 heteroatoms.